The van der Waals surface area contributed by atoms with Crippen LogP contribution in [-0.2, 0) is 9.59 Å². The molecule has 1 saturated heterocycles. The average Bonchev–Trinajstić information content (AvgIpc) is 3.30. The molecule has 4 aliphatic carbocycles. The first kappa shape index (κ1) is 31.4. The number of hydrogen-bond donors (Lipinski definition) is 1. The Labute approximate surface area is 252 Å². The monoisotopic (exact) mass is 568 g/mol. The summed E-state index contributed by atoms with van der Waals surface area (Å²) in [4.78, 5) is 30.5. The summed E-state index contributed by atoms with van der Waals surface area (Å²) in [6.07, 6.45) is 21.0. The van der Waals surface area contributed by atoms with Gasteiger partial charge in [0.15, 0.2) is 0 Å². The molecule has 0 bridgehead atoms. The van der Waals surface area contributed by atoms with E-state index >= 15 is 0 Å². The summed E-state index contributed by atoms with van der Waals surface area (Å²) in [6, 6.07) is 0.292. The van der Waals surface area contributed by atoms with E-state index in [1.807, 2.05) is 0 Å². The van der Waals surface area contributed by atoms with Gasteiger partial charge in [-0.15, -0.1) is 0 Å². The van der Waals surface area contributed by atoms with E-state index in [0.29, 0.717) is 29.7 Å². The molecular formula is C37H64N2O2. The molecule has 1 aliphatic heterocycles. The van der Waals surface area contributed by atoms with Crippen LogP contribution in [0.2, 0.25) is 0 Å². The molecule has 1 heterocycles. The molecule has 0 aromatic heterocycles. The second-order valence-electron chi connectivity index (χ2n) is 16.4. The molecule has 0 aromatic rings. The van der Waals surface area contributed by atoms with E-state index in [1.54, 1.807) is 0 Å². The predicted molar refractivity (Wildman–Crippen MR) is 169 cm³/mol. The van der Waals surface area contributed by atoms with Gasteiger partial charge in [0.2, 0.25) is 11.8 Å². The van der Waals surface area contributed by atoms with Crippen LogP contribution in [0.4, 0.5) is 0 Å². The maximum absolute atomic E-state index is 14.7. The highest BCUT2D eigenvalue weighted by Crippen LogP contribution is 2.69. The van der Waals surface area contributed by atoms with Crippen molar-refractivity contribution in [3.8, 4) is 0 Å². The lowest BCUT2D eigenvalue weighted by molar-refractivity contribution is -0.197. The van der Waals surface area contributed by atoms with Gasteiger partial charge in [0.05, 0.1) is 0 Å². The summed E-state index contributed by atoms with van der Waals surface area (Å²) in [7, 11) is 0. The number of fused-ring (bicyclic) bond motifs is 5. The molecule has 41 heavy (non-hydrogen) atoms. The standard InChI is InChI=1S/C37H64N2O2/c1-7-8-25-39-33(40)21-23-36(6)32-20-22-35(5)30(27(4)14-12-13-26(2)3)17-18-31(35)29(32)19-24-37(36,39)34(41)38-28-15-10-9-11-16-28/h26-32H,7-25H2,1-6H3,(H,38,41)/t27-,29+,30-,31+,32+,35-,36-,37+/m1/s1. The van der Waals surface area contributed by atoms with Crippen molar-refractivity contribution in [3.05, 3.63) is 0 Å². The summed E-state index contributed by atoms with van der Waals surface area (Å²) in [6.45, 7) is 15.4. The third-order valence-electron chi connectivity index (χ3n) is 13.9. The number of carbonyl (C=O) groups is 2. The van der Waals surface area contributed by atoms with Gasteiger partial charge in [-0.05, 0) is 105 Å². The predicted octanol–water partition coefficient (Wildman–Crippen LogP) is 8.92. The van der Waals surface area contributed by atoms with E-state index in [1.165, 1.54) is 64.2 Å². The zero-order chi connectivity index (χ0) is 29.4. The van der Waals surface area contributed by atoms with E-state index in [4.69, 9.17) is 0 Å². The maximum atomic E-state index is 14.7. The van der Waals surface area contributed by atoms with Crippen LogP contribution in [0.1, 0.15) is 157 Å². The first-order chi connectivity index (χ1) is 19.6. The molecule has 5 fully saturated rings. The maximum Gasteiger partial charge on any atom is 0.246 e. The molecule has 0 aromatic carbocycles. The molecule has 234 valence electrons. The highest BCUT2D eigenvalue weighted by molar-refractivity contribution is 5.94. The van der Waals surface area contributed by atoms with Crippen LogP contribution in [0.3, 0.4) is 0 Å². The van der Waals surface area contributed by atoms with E-state index < -0.39 is 5.54 Å². The Hall–Kier alpha value is -1.06. The van der Waals surface area contributed by atoms with Crippen molar-refractivity contribution in [2.45, 2.75) is 169 Å². The quantitative estimate of drug-likeness (QED) is 0.286. The third-order valence-corrected chi connectivity index (χ3v) is 13.9. The van der Waals surface area contributed by atoms with Crippen LogP contribution in [0.25, 0.3) is 0 Å². The molecule has 4 nitrogen and oxygen atoms in total. The first-order valence-electron chi connectivity index (χ1n) is 18.2. The Morgan fingerprint density at radius 3 is 2.37 bits per heavy atom. The van der Waals surface area contributed by atoms with Gasteiger partial charge in [0.1, 0.15) is 5.54 Å². The van der Waals surface area contributed by atoms with Crippen LogP contribution < -0.4 is 5.32 Å². The average molecular weight is 569 g/mol. The minimum absolute atomic E-state index is 0.126. The van der Waals surface area contributed by atoms with Gasteiger partial charge in [-0.25, -0.2) is 0 Å². The highest BCUT2D eigenvalue weighted by Gasteiger charge is 2.69. The van der Waals surface area contributed by atoms with E-state index in [2.05, 4.69) is 51.8 Å². The Bertz CT molecular complexity index is 926. The Kier molecular flexibility index (Phi) is 9.57. The lowest BCUT2D eigenvalue weighted by Gasteiger charge is -2.67. The largest absolute Gasteiger partial charge is 0.351 e. The van der Waals surface area contributed by atoms with Gasteiger partial charge in [-0.3, -0.25) is 9.59 Å². The van der Waals surface area contributed by atoms with Crippen molar-refractivity contribution in [3.63, 3.8) is 0 Å². The van der Waals surface area contributed by atoms with Crippen molar-refractivity contribution in [1.82, 2.24) is 10.2 Å². The topological polar surface area (TPSA) is 49.4 Å². The van der Waals surface area contributed by atoms with Gasteiger partial charge in [-0.1, -0.05) is 86.5 Å². The van der Waals surface area contributed by atoms with Crippen molar-refractivity contribution in [1.29, 1.82) is 0 Å². The highest BCUT2D eigenvalue weighted by atomic mass is 16.2. The molecular weight excluding hydrogens is 504 g/mol. The number of nitrogens with zero attached hydrogens (tertiary/aromatic N) is 1. The fourth-order valence-corrected chi connectivity index (χ4v) is 11.7. The second kappa shape index (κ2) is 12.5. The van der Waals surface area contributed by atoms with E-state index in [9.17, 15) is 9.59 Å². The van der Waals surface area contributed by atoms with Crippen LogP contribution in [0.15, 0.2) is 0 Å². The summed E-state index contributed by atoms with van der Waals surface area (Å²) in [5.74, 6) is 4.98. The summed E-state index contributed by atoms with van der Waals surface area (Å²) in [5.41, 5.74) is -0.337. The van der Waals surface area contributed by atoms with Crippen LogP contribution in [0.5, 0.6) is 0 Å². The SMILES string of the molecule is CCCCN1C(=O)CC[C@]2(C)[C@H]3CC[C@]4(C)[C@@H]([C@H](C)CCCC(C)C)CC[C@H]4[C@@H]3CC[C@@]12C(=O)NC1CCCCC1. The third kappa shape index (κ3) is 5.43. The summed E-state index contributed by atoms with van der Waals surface area (Å²) < 4.78 is 0. The Morgan fingerprint density at radius 2 is 1.66 bits per heavy atom. The number of nitrogens with one attached hydrogen (secondary N) is 1. The molecule has 0 unspecified atom stereocenters. The molecule has 5 rings (SSSR count). The molecule has 2 amide bonds. The number of carbonyl (C=O) groups excluding carboxylic acids is 2. The molecule has 0 radical (unpaired) electrons. The smallest absolute Gasteiger partial charge is 0.246 e. The minimum Gasteiger partial charge on any atom is -0.351 e. The number of unbranched alkanes of at least 4 members (excludes halogenated alkanes) is 1. The van der Waals surface area contributed by atoms with Gasteiger partial charge >= 0.3 is 0 Å². The Balaban J connectivity index is 1.42. The fraction of sp³-hybridized carbons (Fsp3) is 0.946. The lowest BCUT2D eigenvalue weighted by atomic mass is 9.42. The van der Waals surface area contributed by atoms with Crippen LogP contribution in [-0.4, -0.2) is 34.8 Å². The number of amides is 2. The van der Waals surface area contributed by atoms with Crippen molar-refractivity contribution >= 4 is 11.8 Å². The Morgan fingerprint density at radius 1 is 0.902 bits per heavy atom. The molecule has 8 atom stereocenters. The number of piperidine rings is 1. The molecule has 1 N–H and O–H groups in total. The molecule has 5 aliphatic rings. The van der Waals surface area contributed by atoms with Gasteiger partial charge < -0.3 is 10.2 Å². The van der Waals surface area contributed by atoms with E-state index in [0.717, 1.165) is 75.2 Å². The number of likely N-dealkylation sites (tertiary alicyclic amines) is 1. The van der Waals surface area contributed by atoms with Crippen molar-refractivity contribution in [2.24, 2.45) is 46.3 Å². The lowest BCUT2D eigenvalue weighted by Crippen LogP contribution is -2.76. The fourth-order valence-electron chi connectivity index (χ4n) is 11.7. The summed E-state index contributed by atoms with van der Waals surface area (Å²) >= 11 is 0. The minimum atomic E-state index is -0.661. The normalized spacial score (nSPS) is 40.2. The van der Waals surface area contributed by atoms with Gasteiger partial charge in [-0.2, -0.15) is 0 Å². The summed E-state index contributed by atoms with van der Waals surface area (Å²) in [5, 5.41) is 3.60. The van der Waals surface area contributed by atoms with Gasteiger partial charge in [0, 0.05) is 24.4 Å². The van der Waals surface area contributed by atoms with Crippen LogP contribution in [0, 0.1) is 46.3 Å². The second-order valence-corrected chi connectivity index (χ2v) is 16.4. The van der Waals surface area contributed by atoms with E-state index in [-0.39, 0.29) is 17.2 Å². The number of hydrogen-bond acceptors (Lipinski definition) is 2. The van der Waals surface area contributed by atoms with Crippen molar-refractivity contribution < 1.29 is 9.59 Å². The molecule has 4 saturated carbocycles. The zero-order valence-electron chi connectivity index (χ0n) is 27.7. The number of rotatable bonds is 10. The van der Waals surface area contributed by atoms with Crippen LogP contribution >= 0.6 is 0 Å². The molecule has 0 spiro atoms. The van der Waals surface area contributed by atoms with Crippen molar-refractivity contribution in [2.75, 3.05) is 6.54 Å². The molecule has 4 heteroatoms. The first-order valence-corrected chi connectivity index (χ1v) is 18.2. The zero-order valence-corrected chi connectivity index (χ0v) is 27.7. The van der Waals surface area contributed by atoms with Gasteiger partial charge in [0.25, 0.3) is 0 Å².